The zero-order chi connectivity index (χ0) is 9.80. The zero-order valence-corrected chi connectivity index (χ0v) is 9.55. The first-order valence-corrected chi connectivity index (χ1v) is 4.87. The molecule has 1 heterocycles. The molecule has 0 aliphatic carbocycles. The zero-order valence-electron chi connectivity index (χ0n) is 8.73. The topological polar surface area (TPSA) is 30.5 Å². The average molecular weight is 230 g/mol. The third-order valence-corrected chi connectivity index (χ3v) is 2.51. The maximum Gasteiger partial charge on any atom is 0.0975 e. The van der Waals surface area contributed by atoms with Gasteiger partial charge in [0.05, 0.1) is 26.4 Å². The molecule has 0 saturated carbocycles. The molecule has 84 valence electrons. The van der Waals surface area contributed by atoms with E-state index in [-0.39, 0.29) is 18.5 Å². The summed E-state index contributed by atoms with van der Waals surface area (Å²) in [5, 5.41) is 0. The van der Waals surface area contributed by atoms with Crippen molar-refractivity contribution in [1.82, 2.24) is 5.48 Å². The predicted octanol–water partition coefficient (Wildman–Crippen LogP) is 1.87. The SMILES string of the molecule is CONCC1OCCc2ccccc21.Cl. The Balaban J connectivity index is 0.00000112. The number of hydroxylamine groups is 1. The highest BCUT2D eigenvalue weighted by atomic mass is 35.5. The van der Waals surface area contributed by atoms with E-state index in [9.17, 15) is 0 Å². The molecule has 1 aliphatic rings. The minimum absolute atomic E-state index is 0. The Labute approximate surface area is 96.1 Å². The largest absolute Gasteiger partial charge is 0.372 e. The van der Waals surface area contributed by atoms with Gasteiger partial charge in [0.15, 0.2) is 0 Å². The summed E-state index contributed by atoms with van der Waals surface area (Å²) in [5.74, 6) is 0. The molecule has 2 rings (SSSR count). The molecule has 1 aromatic rings. The van der Waals surface area contributed by atoms with Crippen LogP contribution in [0.2, 0.25) is 0 Å². The van der Waals surface area contributed by atoms with Crippen LogP contribution in [0.4, 0.5) is 0 Å². The molecule has 0 saturated heterocycles. The van der Waals surface area contributed by atoms with Crippen molar-refractivity contribution < 1.29 is 9.57 Å². The molecule has 3 nitrogen and oxygen atoms in total. The molecular formula is C11H16ClNO2. The number of nitrogens with one attached hydrogen (secondary N) is 1. The van der Waals surface area contributed by atoms with Crippen molar-refractivity contribution >= 4 is 12.4 Å². The average Bonchev–Trinajstić information content (AvgIpc) is 2.26. The van der Waals surface area contributed by atoms with Gasteiger partial charge >= 0.3 is 0 Å². The van der Waals surface area contributed by atoms with E-state index in [0.29, 0.717) is 6.54 Å². The van der Waals surface area contributed by atoms with Gasteiger partial charge in [-0.1, -0.05) is 24.3 Å². The minimum Gasteiger partial charge on any atom is -0.372 e. The van der Waals surface area contributed by atoms with Gasteiger partial charge < -0.3 is 9.57 Å². The summed E-state index contributed by atoms with van der Waals surface area (Å²) >= 11 is 0. The third-order valence-electron chi connectivity index (χ3n) is 2.51. The van der Waals surface area contributed by atoms with E-state index in [4.69, 9.17) is 9.57 Å². The maximum atomic E-state index is 5.66. The van der Waals surface area contributed by atoms with Gasteiger partial charge in [-0.05, 0) is 17.5 Å². The van der Waals surface area contributed by atoms with Crippen LogP contribution in [-0.4, -0.2) is 20.3 Å². The van der Waals surface area contributed by atoms with E-state index in [1.54, 1.807) is 7.11 Å². The van der Waals surface area contributed by atoms with Crippen molar-refractivity contribution in [3.05, 3.63) is 35.4 Å². The Kier molecular flexibility index (Phi) is 5.05. The van der Waals surface area contributed by atoms with E-state index in [2.05, 4.69) is 23.7 Å². The lowest BCUT2D eigenvalue weighted by atomic mass is 9.98. The standard InChI is InChI=1S/C11H15NO2.ClH/c1-13-12-8-11-10-5-3-2-4-9(10)6-7-14-11;/h2-5,11-12H,6-8H2,1H3;1H. The van der Waals surface area contributed by atoms with Crippen LogP contribution in [0.3, 0.4) is 0 Å². The summed E-state index contributed by atoms with van der Waals surface area (Å²) < 4.78 is 5.66. The van der Waals surface area contributed by atoms with Crippen LogP contribution in [0.25, 0.3) is 0 Å². The highest BCUT2D eigenvalue weighted by Gasteiger charge is 2.19. The number of halogens is 1. The van der Waals surface area contributed by atoms with Gasteiger partial charge in [0.2, 0.25) is 0 Å². The normalized spacial score (nSPS) is 19.1. The maximum absolute atomic E-state index is 5.66. The summed E-state index contributed by atoms with van der Waals surface area (Å²) in [5.41, 5.74) is 5.51. The molecular weight excluding hydrogens is 214 g/mol. The minimum atomic E-state index is 0. The van der Waals surface area contributed by atoms with Gasteiger partial charge in [-0.25, -0.2) is 0 Å². The highest BCUT2D eigenvalue weighted by Crippen LogP contribution is 2.25. The molecule has 15 heavy (non-hydrogen) atoms. The fraction of sp³-hybridized carbons (Fsp3) is 0.455. The molecule has 1 N–H and O–H groups in total. The van der Waals surface area contributed by atoms with Gasteiger partial charge in [0.25, 0.3) is 0 Å². The van der Waals surface area contributed by atoms with Gasteiger partial charge in [-0.15, -0.1) is 12.4 Å². The van der Waals surface area contributed by atoms with Gasteiger partial charge in [-0.3, -0.25) is 0 Å². The van der Waals surface area contributed by atoms with Crippen molar-refractivity contribution in [2.75, 3.05) is 20.3 Å². The first kappa shape index (κ1) is 12.5. The second-order valence-corrected chi connectivity index (χ2v) is 3.36. The number of hydrogen-bond donors (Lipinski definition) is 1. The van der Waals surface area contributed by atoms with Crippen LogP contribution in [0, 0.1) is 0 Å². The van der Waals surface area contributed by atoms with Crippen molar-refractivity contribution in [2.24, 2.45) is 0 Å². The summed E-state index contributed by atoms with van der Waals surface area (Å²) in [6, 6.07) is 8.41. The van der Waals surface area contributed by atoms with Crippen molar-refractivity contribution in [3.8, 4) is 0 Å². The van der Waals surface area contributed by atoms with Crippen LogP contribution in [0.1, 0.15) is 17.2 Å². The van der Waals surface area contributed by atoms with E-state index >= 15 is 0 Å². The Morgan fingerprint density at radius 2 is 2.27 bits per heavy atom. The van der Waals surface area contributed by atoms with Crippen LogP contribution < -0.4 is 5.48 Å². The first-order chi connectivity index (χ1) is 6.92. The monoisotopic (exact) mass is 229 g/mol. The summed E-state index contributed by atoms with van der Waals surface area (Å²) in [7, 11) is 1.62. The van der Waals surface area contributed by atoms with E-state index in [0.717, 1.165) is 13.0 Å². The molecule has 1 aliphatic heterocycles. The van der Waals surface area contributed by atoms with Crippen LogP contribution in [0.15, 0.2) is 24.3 Å². The molecule has 0 radical (unpaired) electrons. The fourth-order valence-corrected chi connectivity index (χ4v) is 1.80. The summed E-state index contributed by atoms with van der Waals surface area (Å²) in [6.45, 7) is 1.50. The predicted molar refractivity (Wildman–Crippen MR) is 61.1 cm³/mol. The molecule has 0 amide bonds. The lowest BCUT2D eigenvalue weighted by Gasteiger charge is -2.25. The first-order valence-electron chi connectivity index (χ1n) is 4.87. The van der Waals surface area contributed by atoms with Crippen molar-refractivity contribution in [3.63, 3.8) is 0 Å². The Hall–Kier alpha value is -0.610. The van der Waals surface area contributed by atoms with E-state index in [1.165, 1.54) is 11.1 Å². The molecule has 0 bridgehead atoms. The van der Waals surface area contributed by atoms with Crippen molar-refractivity contribution in [2.45, 2.75) is 12.5 Å². The quantitative estimate of drug-likeness (QED) is 0.803. The number of ether oxygens (including phenoxy) is 1. The number of hydrogen-bond acceptors (Lipinski definition) is 3. The lowest BCUT2D eigenvalue weighted by Crippen LogP contribution is -2.26. The Bertz CT molecular complexity index is 306. The number of rotatable bonds is 3. The Morgan fingerprint density at radius 3 is 3.07 bits per heavy atom. The van der Waals surface area contributed by atoms with Crippen LogP contribution in [-0.2, 0) is 16.0 Å². The van der Waals surface area contributed by atoms with Crippen LogP contribution >= 0.6 is 12.4 Å². The third kappa shape index (κ3) is 2.92. The second-order valence-electron chi connectivity index (χ2n) is 3.36. The molecule has 4 heteroatoms. The molecule has 0 fully saturated rings. The van der Waals surface area contributed by atoms with Gasteiger partial charge in [-0.2, -0.15) is 5.48 Å². The molecule has 1 atom stereocenters. The molecule has 0 aromatic heterocycles. The van der Waals surface area contributed by atoms with Crippen molar-refractivity contribution in [1.29, 1.82) is 0 Å². The lowest BCUT2D eigenvalue weighted by molar-refractivity contribution is -0.000764. The van der Waals surface area contributed by atoms with Crippen LogP contribution in [0.5, 0.6) is 0 Å². The highest BCUT2D eigenvalue weighted by molar-refractivity contribution is 5.85. The van der Waals surface area contributed by atoms with E-state index < -0.39 is 0 Å². The molecule has 1 aromatic carbocycles. The number of fused-ring (bicyclic) bond motifs is 1. The second kappa shape index (κ2) is 6.08. The number of benzene rings is 1. The summed E-state index contributed by atoms with van der Waals surface area (Å²) in [6.07, 6.45) is 1.14. The van der Waals surface area contributed by atoms with Gasteiger partial charge in [0.1, 0.15) is 0 Å². The fourth-order valence-electron chi connectivity index (χ4n) is 1.80. The smallest absolute Gasteiger partial charge is 0.0975 e. The van der Waals surface area contributed by atoms with Gasteiger partial charge in [0, 0.05) is 0 Å². The summed E-state index contributed by atoms with van der Waals surface area (Å²) in [4.78, 5) is 4.83. The molecule has 0 spiro atoms. The molecule has 1 unspecified atom stereocenters. The Morgan fingerprint density at radius 1 is 1.47 bits per heavy atom. The van der Waals surface area contributed by atoms with E-state index in [1.807, 2.05) is 6.07 Å².